The summed E-state index contributed by atoms with van der Waals surface area (Å²) in [5, 5.41) is 7.42. The van der Waals surface area contributed by atoms with Gasteiger partial charge in [0.05, 0.1) is 5.69 Å². The highest BCUT2D eigenvalue weighted by Crippen LogP contribution is 2.19. The molecule has 1 heterocycles. The minimum Gasteiger partial charge on any atom is -0.373 e. The van der Waals surface area contributed by atoms with E-state index in [1.165, 1.54) is 12.8 Å². The van der Waals surface area contributed by atoms with Crippen LogP contribution in [0.15, 0.2) is 10.6 Å². The largest absolute Gasteiger partial charge is 0.373 e. The number of hydrogen-bond acceptors (Lipinski definition) is 5. The van der Waals surface area contributed by atoms with Crippen molar-refractivity contribution >= 4 is 0 Å². The second-order valence-corrected chi connectivity index (χ2v) is 5.15. The van der Waals surface area contributed by atoms with Crippen molar-refractivity contribution < 1.29 is 9.26 Å². The maximum absolute atomic E-state index is 5.54. The van der Waals surface area contributed by atoms with Crippen LogP contribution in [-0.2, 0) is 17.9 Å². The Kier molecular flexibility index (Phi) is 5.16. The lowest BCUT2D eigenvalue weighted by Gasteiger charge is -2.08. The van der Waals surface area contributed by atoms with Gasteiger partial charge in [-0.25, -0.2) is 0 Å². The second-order valence-electron chi connectivity index (χ2n) is 5.15. The summed E-state index contributed by atoms with van der Waals surface area (Å²) in [5.74, 6) is 0.812. The lowest BCUT2D eigenvalue weighted by atomic mass is 10.3. The zero-order valence-corrected chi connectivity index (χ0v) is 11.3. The summed E-state index contributed by atoms with van der Waals surface area (Å²) in [7, 11) is 4.13. The fourth-order valence-corrected chi connectivity index (χ4v) is 1.70. The third-order valence-electron chi connectivity index (χ3n) is 2.90. The van der Waals surface area contributed by atoms with Gasteiger partial charge in [-0.05, 0) is 39.9 Å². The van der Waals surface area contributed by atoms with Crippen LogP contribution < -0.4 is 5.32 Å². The van der Waals surface area contributed by atoms with E-state index in [-0.39, 0.29) is 0 Å². The Morgan fingerprint density at radius 2 is 2.33 bits per heavy atom. The predicted molar refractivity (Wildman–Crippen MR) is 69.2 cm³/mol. The summed E-state index contributed by atoms with van der Waals surface area (Å²) in [6.07, 6.45) is 3.62. The first kappa shape index (κ1) is 13.5. The molecule has 0 atom stereocenters. The quantitative estimate of drug-likeness (QED) is 0.674. The van der Waals surface area contributed by atoms with E-state index in [0.29, 0.717) is 12.6 Å². The lowest BCUT2D eigenvalue weighted by molar-refractivity contribution is 0.0948. The minimum atomic E-state index is 0.518. The molecule has 0 amide bonds. The molecule has 102 valence electrons. The first-order chi connectivity index (χ1) is 8.74. The SMILES string of the molecule is CN(C)CCCOCc1cc(CNC2CC2)no1. The Labute approximate surface area is 108 Å². The van der Waals surface area contributed by atoms with Crippen LogP contribution in [0, 0.1) is 0 Å². The molecule has 0 aliphatic heterocycles. The summed E-state index contributed by atoms with van der Waals surface area (Å²) in [6, 6.07) is 2.67. The molecule has 1 aliphatic rings. The van der Waals surface area contributed by atoms with Crippen molar-refractivity contribution in [2.45, 2.75) is 38.5 Å². The molecule has 1 saturated carbocycles. The Hall–Kier alpha value is -0.910. The predicted octanol–water partition coefficient (Wildman–Crippen LogP) is 1.39. The Balaban J connectivity index is 1.57. The van der Waals surface area contributed by atoms with Crippen LogP contribution >= 0.6 is 0 Å². The molecule has 1 aromatic heterocycles. The standard InChI is InChI=1S/C13H23N3O2/c1-16(2)6-3-7-17-10-13-8-12(15-18-13)9-14-11-4-5-11/h8,11,14H,3-7,9-10H2,1-2H3. The molecule has 1 N–H and O–H groups in total. The summed E-state index contributed by atoms with van der Waals surface area (Å²) in [4.78, 5) is 2.15. The van der Waals surface area contributed by atoms with E-state index in [1.54, 1.807) is 0 Å². The maximum Gasteiger partial charge on any atom is 0.162 e. The first-order valence-corrected chi connectivity index (χ1v) is 6.64. The number of rotatable bonds is 9. The molecule has 0 saturated heterocycles. The van der Waals surface area contributed by atoms with Gasteiger partial charge in [0.15, 0.2) is 5.76 Å². The molecule has 1 aromatic rings. The van der Waals surface area contributed by atoms with Crippen LogP contribution in [-0.4, -0.2) is 43.3 Å². The first-order valence-electron chi connectivity index (χ1n) is 6.64. The molecule has 0 spiro atoms. The smallest absolute Gasteiger partial charge is 0.162 e. The number of aromatic nitrogens is 1. The average Bonchev–Trinajstić information content (AvgIpc) is 3.06. The molecular weight excluding hydrogens is 230 g/mol. The third-order valence-corrected chi connectivity index (χ3v) is 2.90. The van der Waals surface area contributed by atoms with Crippen molar-refractivity contribution in [2.24, 2.45) is 0 Å². The third kappa shape index (κ3) is 5.16. The summed E-state index contributed by atoms with van der Waals surface area (Å²) >= 11 is 0. The molecule has 1 aliphatic carbocycles. The highest BCUT2D eigenvalue weighted by Gasteiger charge is 2.20. The van der Waals surface area contributed by atoms with Gasteiger partial charge in [-0.2, -0.15) is 0 Å². The lowest BCUT2D eigenvalue weighted by Crippen LogP contribution is -2.15. The average molecular weight is 253 g/mol. The molecule has 1 fully saturated rings. The van der Waals surface area contributed by atoms with E-state index in [2.05, 4.69) is 29.5 Å². The van der Waals surface area contributed by atoms with Crippen LogP contribution in [0.4, 0.5) is 0 Å². The molecule has 2 rings (SSSR count). The van der Waals surface area contributed by atoms with Gasteiger partial charge in [0.25, 0.3) is 0 Å². The van der Waals surface area contributed by atoms with Gasteiger partial charge in [-0.1, -0.05) is 5.16 Å². The zero-order valence-electron chi connectivity index (χ0n) is 11.3. The highest BCUT2D eigenvalue weighted by molar-refractivity contribution is 5.04. The summed E-state index contributed by atoms with van der Waals surface area (Å²) in [5.41, 5.74) is 0.966. The number of nitrogens with zero attached hydrogens (tertiary/aromatic N) is 2. The van der Waals surface area contributed by atoms with Crippen LogP contribution in [0.25, 0.3) is 0 Å². The fourth-order valence-electron chi connectivity index (χ4n) is 1.70. The molecule has 5 heteroatoms. The molecule has 0 bridgehead atoms. The highest BCUT2D eigenvalue weighted by atomic mass is 16.5. The Morgan fingerprint density at radius 1 is 1.50 bits per heavy atom. The van der Waals surface area contributed by atoms with Crippen LogP contribution in [0.5, 0.6) is 0 Å². The van der Waals surface area contributed by atoms with Crippen molar-refractivity contribution in [3.63, 3.8) is 0 Å². The number of ether oxygens (including phenoxy) is 1. The fraction of sp³-hybridized carbons (Fsp3) is 0.769. The maximum atomic E-state index is 5.54. The van der Waals surface area contributed by atoms with Gasteiger partial charge in [0, 0.05) is 25.3 Å². The molecule has 18 heavy (non-hydrogen) atoms. The van der Waals surface area contributed by atoms with Gasteiger partial charge < -0.3 is 19.5 Å². The normalized spacial score (nSPS) is 15.5. The number of hydrogen-bond donors (Lipinski definition) is 1. The molecule has 0 aromatic carbocycles. The minimum absolute atomic E-state index is 0.518. The van der Waals surface area contributed by atoms with Crippen molar-refractivity contribution in [3.8, 4) is 0 Å². The molecule has 0 radical (unpaired) electrons. The van der Waals surface area contributed by atoms with E-state index in [1.807, 2.05) is 6.07 Å². The molecular formula is C13H23N3O2. The number of nitrogens with one attached hydrogen (secondary N) is 1. The van der Waals surface area contributed by atoms with Gasteiger partial charge in [-0.15, -0.1) is 0 Å². The van der Waals surface area contributed by atoms with E-state index in [9.17, 15) is 0 Å². The van der Waals surface area contributed by atoms with Crippen molar-refractivity contribution in [3.05, 3.63) is 17.5 Å². The second kappa shape index (κ2) is 6.87. The summed E-state index contributed by atoms with van der Waals surface area (Å²) < 4.78 is 10.8. The van der Waals surface area contributed by atoms with E-state index >= 15 is 0 Å². The van der Waals surface area contributed by atoms with Crippen LogP contribution in [0.1, 0.15) is 30.7 Å². The van der Waals surface area contributed by atoms with Crippen molar-refractivity contribution in [1.82, 2.24) is 15.4 Å². The van der Waals surface area contributed by atoms with Gasteiger partial charge in [-0.3, -0.25) is 0 Å². The molecule has 0 unspecified atom stereocenters. The van der Waals surface area contributed by atoms with Gasteiger partial charge in [0.2, 0.25) is 0 Å². The Morgan fingerprint density at radius 3 is 3.06 bits per heavy atom. The molecule has 5 nitrogen and oxygen atoms in total. The van der Waals surface area contributed by atoms with Gasteiger partial charge in [0.1, 0.15) is 6.61 Å². The monoisotopic (exact) mass is 253 g/mol. The van der Waals surface area contributed by atoms with Crippen molar-refractivity contribution in [1.29, 1.82) is 0 Å². The van der Waals surface area contributed by atoms with E-state index < -0.39 is 0 Å². The van der Waals surface area contributed by atoms with Gasteiger partial charge >= 0.3 is 0 Å². The van der Waals surface area contributed by atoms with Crippen LogP contribution in [0.3, 0.4) is 0 Å². The zero-order chi connectivity index (χ0) is 12.8. The topological polar surface area (TPSA) is 50.5 Å². The van der Waals surface area contributed by atoms with Crippen molar-refractivity contribution in [2.75, 3.05) is 27.2 Å². The van der Waals surface area contributed by atoms with E-state index in [4.69, 9.17) is 9.26 Å². The van der Waals surface area contributed by atoms with E-state index in [0.717, 1.165) is 37.6 Å². The Bertz CT molecular complexity index is 348. The summed E-state index contributed by atoms with van der Waals surface area (Å²) in [6.45, 7) is 3.13. The van der Waals surface area contributed by atoms with Crippen LogP contribution in [0.2, 0.25) is 0 Å².